The van der Waals surface area contributed by atoms with Crippen LogP contribution in [-0.2, 0) is 7.05 Å². The van der Waals surface area contributed by atoms with E-state index in [-0.39, 0.29) is 28.3 Å². The first-order valence-electron chi connectivity index (χ1n) is 9.51. The van der Waals surface area contributed by atoms with Crippen LogP contribution in [0.1, 0.15) is 36.5 Å². The number of imidazole rings is 1. The number of amides is 1. The van der Waals surface area contributed by atoms with Crippen molar-refractivity contribution in [2.24, 2.45) is 13.0 Å². The van der Waals surface area contributed by atoms with Crippen molar-refractivity contribution in [1.82, 2.24) is 14.9 Å². The minimum Gasteiger partial charge on any atom is -0.349 e. The first kappa shape index (κ1) is 19.6. The van der Waals surface area contributed by atoms with Gasteiger partial charge in [0.2, 0.25) is 5.95 Å². The van der Waals surface area contributed by atoms with Crippen LogP contribution in [0.4, 0.5) is 20.4 Å². The topological polar surface area (TPSA) is 59.0 Å². The molecule has 0 saturated heterocycles. The molecule has 1 aliphatic carbocycles. The van der Waals surface area contributed by atoms with Crippen LogP contribution in [0.3, 0.4) is 0 Å². The van der Waals surface area contributed by atoms with Crippen LogP contribution in [0.2, 0.25) is 5.02 Å². The van der Waals surface area contributed by atoms with Crippen LogP contribution in [0.25, 0.3) is 11.0 Å². The largest absolute Gasteiger partial charge is 0.349 e. The van der Waals surface area contributed by atoms with E-state index in [4.69, 9.17) is 11.6 Å². The van der Waals surface area contributed by atoms with E-state index in [0.717, 1.165) is 19.3 Å². The lowest BCUT2D eigenvalue weighted by atomic mass is 10.1. The summed E-state index contributed by atoms with van der Waals surface area (Å²) in [5.41, 5.74) is 0.935. The summed E-state index contributed by atoms with van der Waals surface area (Å²) in [5.74, 6) is -0.752. The Morgan fingerprint density at radius 3 is 2.72 bits per heavy atom. The molecule has 0 bridgehead atoms. The maximum Gasteiger partial charge on any atom is 0.254 e. The van der Waals surface area contributed by atoms with Crippen molar-refractivity contribution in [3.63, 3.8) is 0 Å². The van der Waals surface area contributed by atoms with E-state index < -0.39 is 17.5 Å². The fourth-order valence-corrected chi connectivity index (χ4v) is 4.04. The molecule has 8 heteroatoms. The van der Waals surface area contributed by atoms with E-state index >= 15 is 0 Å². The average Bonchev–Trinajstić information content (AvgIpc) is 3.21. The molecule has 4 rings (SSSR count). The molecular weight excluding hydrogens is 398 g/mol. The second-order valence-electron chi connectivity index (χ2n) is 7.63. The van der Waals surface area contributed by atoms with Gasteiger partial charge in [-0.05, 0) is 43.4 Å². The monoisotopic (exact) mass is 418 g/mol. The van der Waals surface area contributed by atoms with Crippen LogP contribution in [-0.4, -0.2) is 21.5 Å². The van der Waals surface area contributed by atoms with E-state index in [0.29, 0.717) is 17.0 Å². The Bertz CT molecular complexity index is 1080. The van der Waals surface area contributed by atoms with Crippen LogP contribution in [0.5, 0.6) is 0 Å². The minimum absolute atomic E-state index is 0.0503. The van der Waals surface area contributed by atoms with Gasteiger partial charge < -0.3 is 15.2 Å². The molecule has 0 radical (unpaired) electrons. The summed E-state index contributed by atoms with van der Waals surface area (Å²) >= 11 is 6.06. The quantitative estimate of drug-likeness (QED) is 0.614. The molecular formula is C21H21ClF2N4O. The summed E-state index contributed by atoms with van der Waals surface area (Å²) in [4.78, 5) is 17.0. The van der Waals surface area contributed by atoms with Gasteiger partial charge in [-0.3, -0.25) is 4.79 Å². The summed E-state index contributed by atoms with van der Waals surface area (Å²) in [7, 11) is 1.67. The fraction of sp³-hybridized carbons (Fsp3) is 0.333. The first-order valence-corrected chi connectivity index (χ1v) is 9.89. The molecule has 0 spiro atoms. The zero-order valence-corrected chi connectivity index (χ0v) is 16.9. The lowest BCUT2D eigenvalue weighted by Gasteiger charge is -2.13. The van der Waals surface area contributed by atoms with Crippen LogP contribution < -0.4 is 10.6 Å². The Morgan fingerprint density at radius 2 is 2.03 bits per heavy atom. The standard InChI is InChI=1S/C21H21ClF2N4O/c1-11-6-7-12(8-11)25-20(29)13-9-17-18(10-16(13)24)28(2)21(26-17)27-19-14(22)4-3-5-15(19)23/h3-5,9-12H,6-8H2,1-2H3,(H,25,29)(H,26,27). The van der Waals surface area contributed by atoms with E-state index in [1.54, 1.807) is 17.7 Å². The predicted molar refractivity (Wildman–Crippen MR) is 110 cm³/mol. The van der Waals surface area contributed by atoms with E-state index in [1.807, 2.05) is 0 Å². The van der Waals surface area contributed by atoms with E-state index in [1.165, 1.54) is 24.3 Å². The van der Waals surface area contributed by atoms with Crippen LogP contribution >= 0.6 is 11.6 Å². The maximum atomic E-state index is 14.7. The number of fused-ring (bicyclic) bond motifs is 1. The van der Waals surface area contributed by atoms with Gasteiger partial charge >= 0.3 is 0 Å². The number of halogens is 3. The predicted octanol–water partition coefficient (Wildman–Crippen LogP) is 5.17. The van der Waals surface area contributed by atoms with Crippen molar-refractivity contribution in [3.8, 4) is 0 Å². The third-order valence-electron chi connectivity index (χ3n) is 5.44. The summed E-state index contributed by atoms with van der Waals surface area (Å²) in [6.07, 6.45) is 2.86. The highest BCUT2D eigenvalue weighted by molar-refractivity contribution is 6.33. The Kier molecular flexibility index (Phi) is 5.17. The molecule has 1 fully saturated rings. The Balaban J connectivity index is 1.65. The molecule has 1 amide bonds. The van der Waals surface area contributed by atoms with Gasteiger partial charge in [0.1, 0.15) is 11.6 Å². The SMILES string of the molecule is CC1CCC(NC(=O)c2cc3nc(Nc4c(F)cccc4Cl)n(C)c3cc2F)C1. The number of para-hydroxylation sites is 1. The number of nitrogens with zero attached hydrogens (tertiary/aromatic N) is 2. The van der Waals surface area contributed by atoms with Crippen molar-refractivity contribution in [2.75, 3.05) is 5.32 Å². The molecule has 3 aromatic rings. The minimum atomic E-state index is -0.625. The van der Waals surface area contributed by atoms with Gasteiger partial charge in [0, 0.05) is 19.2 Å². The van der Waals surface area contributed by atoms with Gasteiger partial charge in [0.05, 0.1) is 27.3 Å². The molecule has 1 heterocycles. The zero-order chi connectivity index (χ0) is 20.7. The molecule has 0 aliphatic heterocycles. The number of benzene rings is 2. The van der Waals surface area contributed by atoms with Gasteiger partial charge in [-0.25, -0.2) is 13.8 Å². The van der Waals surface area contributed by atoms with Crippen molar-refractivity contribution < 1.29 is 13.6 Å². The number of carbonyl (C=O) groups is 1. The lowest BCUT2D eigenvalue weighted by molar-refractivity contribution is 0.0933. The van der Waals surface area contributed by atoms with Crippen LogP contribution in [0, 0.1) is 17.6 Å². The normalized spacial score (nSPS) is 18.9. The molecule has 29 heavy (non-hydrogen) atoms. The lowest BCUT2D eigenvalue weighted by Crippen LogP contribution is -2.33. The highest BCUT2D eigenvalue weighted by atomic mass is 35.5. The number of aryl methyl sites for hydroxylation is 1. The number of aromatic nitrogens is 2. The Labute approximate surface area is 172 Å². The number of anilines is 2. The number of hydrogen-bond acceptors (Lipinski definition) is 3. The van der Waals surface area contributed by atoms with Gasteiger partial charge in [-0.15, -0.1) is 0 Å². The summed E-state index contributed by atoms with van der Waals surface area (Å²) < 4.78 is 30.3. The number of hydrogen-bond donors (Lipinski definition) is 2. The van der Waals surface area contributed by atoms with Crippen molar-refractivity contribution in [1.29, 1.82) is 0 Å². The highest BCUT2D eigenvalue weighted by Crippen LogP contribution is 2.30. The average molecular weight is 419 g/mol. The maximum absolute atomic E-state index is 14.7. The molecule has 1 saturated carbocycles. The Hall–Kier alpha value is -2.67. The number of nitrogens with one attached hydrogen (secondary N) is 2. The number of carbonyl (C=O) groups excluding carboxylic acids is 1. The summed E-state index contributed by atoms with van der Waals surface area (Å²) in [6.45, 7) is 2.14. The molecule has 1 aliphatic rings. The molecule has 2 aromatic carbocycles. The third kappa shape index (κ3) is 3.79. The van der Waals surface area contributed by atoms with E-state index in [9.17, 15) is 13.6 Å². The molecule has 2 atom stereocenters. The smallest absolute Gasteiger partial charge is 0.254 e. The first-order chi connectivity index (χ1) is 13.8. The molecule has 2 unspecified atom stereocenters. The molecule has 2 N–H and O–H groups in total. The van der Waals surface area contributed by atoms with Crippen molar-refractivity contribution in [2.45, 2.75) is 32.2 Å². The molecule has 152 valence electrons. The fourth-order valence-electron chi connectivity index (χ4n) is 3.83. The van der Waals surface area contributed by atoms with Gasteiger partial charge in [0.25, 0.3) is 5.91 Å². The highest BCUT2D eigenvalue weighted by Gasteiger charge is 2.25. The van der Waals surface area contributed by atoms with Gasteiger partial charge in [-0.2, -0.15) is 0 Å². The molecule has 1 aromatic heterocycles. The van der Waals surface area contributed by atoms with Crippen LogP contribution in [0.15, 0.2) is 30.3 Å². The summed E-state index contributed by atoms with van der Waals surface area (Å²) in [6, 6.07) is 7.10. The zero-order valence-electron chi connectivity index (χ0n) is 16.1. The van der Waals surface area contributed by atoms with E-state index in [2.05, 4.69) is 22.5 Å². The second-order valence-corrected chi connectivity index (χ2v) is 8.03. The Morgan fingerprint density at radius 1 is 1.24 bits per heavy atom. The second kappa shape index (κ2) is 7.63. The van der Waals surface area contributed by atoms with Crippen molar-refractivity contribution >= 4 is 40.2 Å². The van der Waals surface area contributed by atoms with Gasteiger partial charge in [-0.1, -0.05) is 24.6 Å². The number of rotatable bonds is 4. The third-order valence-corrected chi connectivity index (χ3v) is 5.76. The summed E-state index contributed by atoms with van der Waals surface area (Å²) in [5, 5.41) is 5.97. The molecule has 5 nitrogen and oxygen atoms in total. The van der Waals surface area contributed by atoms with Crippen molar-refractivity contribution in [3.05, 3.63) is 52.6 Å². The van der Waals surface area contributed by atoms with Gasteiger partial charge in [0.15, 0.2) is 0 Å².